The summed E-state index contributed by atoms with van der Waals surface area (Å²) in [4.78, 5) is 21.6. The topological polar surface area (TPSA) is 99.8 Å². The minimum atomic E-state index is -1.46. The fourth-order valence-electron chi connectivity index (χ4n) is 1.09. The lowest BCUT2D eigenvalue weighted by molar-refractivity contribution is -0.147. The summed E-state index contributed by atoms with van der Waals surface area (Å²) in [5, 5.41) is 19.8. The molecule has 98 valence electrons. The standard InChI is InChI=1S/C11H12BrNO5/c12-9-3-1-7(18-9)2-4-10(15)13-6-5-8(14)11(16)17/h1-4,8,14H,5-6H2,(H,13,15)(H,16,17)/b4-2+. The smallest absolute Gasteiger partial charge is 0.332 e. The van der Waals surface area contributed by atoms with Crippen LogP contribution in [0.15, 0.2) is 27.3 Å². The molecule has 0 saturated heterocycles. The van der Waals surface area contributed by atoms with Gasteiger partial charge in [0.25, 0.3) is 0 Å². The zero-order valence-corrected chi connectivity index (χ0v) is 10.9. The number of hydrogen-bond acceptors (Lipinski definition) is 4. The van der Waals surface area contributed by atoms with Crippen LogP contribution in [0.5, 0.6) is 0 Å². The molecule has 0 spiro atoms. The van der Waals surface area contributed by atoms with Gasteiger partial charge in [0, 0.05) is 19.0 Å². The number of carboxylic acid groups (broad SMARTS) is 1. The fraction of sp³-hybridized carbons (Fsp3) is 0.273. The molecule has 0 aliphatic heterocycles. The van der Waals surface area contributed by atoms with Gasteiger partial charge in [-0.3, -0.25) is 4.79 Å². The van der Waals surface area contributed by atoms with Crippen LogP contribution in [0.3, 0.4) is 0 Å². The highest BCUT2D eigenvalue weighted by Crippen LogP contribution is 2.14. The number of amides is 1. The minimum absolute atomic E-state index is 0.0405. The normalized spacial score (nSPS) is 12.6. The van der Waals surface area contributed by atoms with Crippen LogP contribution in [0.4, 0.5) is 0 Å². The lowest BCUT2D eigenvalue weighted by atomic mass is 10.2. The number of hydrogen-bond donors (Lipinski definition) is 3. The van der Waals surface area contributed by atoms with Crippen molar-refractivity contribution in [1.29, 1.82) is 0 Å². The highest BCUT2D eigenvalue weighted by atomic mass is 79.9. The van der Waals surface area contributed by atoms with Crippen LogP contribution in [0.2, 0.25) is 0 Å². The van der Waals surface area contributed by atoms with Gasteiger partial charge in [0.1, 0.15) is 5.76 Å². The largest absolute Gasteiger partial charge is 0.479 e. The summed E-state index contributed by atoms with van der Waals surface area (Å²) in [5.74, 6) is -1.18. The van der Waals surface area contributed by atoms with E-state index in [9.17, 15) is 9.59 Å². The van der Waals surface area contributed by atoms with Gasteiger partial charge in [-0.05, 0) is 34.1 Å². The molecule has 1 unspecified atom stereocenters. The van der Waals surface area contributed by atoms with Crippen LogP contribution < -0.4 is 5.32 Å². The Kier molecular flexibility index (Phi) is 5.60. The number of carboxylic acids is 1. The van der Waals surface area contributed by atoms with Crippen LogP contribution in [0.1, 0.15) is 12.2 Å². The van der Waals surface area contributed by atoms with Gasteiger partial charge in [-0.15, -0.1) is 0 Å². The lowest BCUT2D eigenvalue weighted by Gasteiger charge is -2.05. The van der Waals surface area contributed by atoms with Crippen LogP contribution in [0.25, 0.3) is 6.08 Å². The highest BCUT2D eigenvalue weighted by Gasteiger charge is 2.12. The third kappa shape index (κ3) is 5.15. The molecule has 0 saturated carbocycles. The maximum absolute atomic E-state index is 11.3. The Balaban J connectivity index is 2.30. The van der Waals surface area contributed by atoms with Gasteiger partial charge in [-0.1, -0.05) is 0 Å². The van der Waals surface area contributed by atoms with E-state index < -0.39 is 12.1 Å². The Bertz CT molecular complexity index is 454. The third-order valence-electron chi connectivity index (χ3n) is 2.00. The summed E-state index contributed by atoms with van der Waals surface area (Å²) in [6.45, 7) is 0.0818. The average Bonchev–Trinajstić information content (AvgIpc) is 2.72. The van der Waals surface area contributed by atoms with Gasteiger partial charge in [-0.2, -0.15) is 0 Å². The van der Waals surface area contributed by atoms with E-state index in [0.717, 1.165) is 0 Å². The zero-order valence-electron chi connectivity index (χ0n) is 9.30. The van der Waals surface area contributed by atoms with E-state index in [-0.39, 0.29) is 18.9 Å². The van der Waals surface area contributed by atoms with Gasteiger partial charge in [0.2, 0.25) is 5.91 Å². The number of nitrogens with one attached hydrogen (secondary N) is 1. The van der Waals surface area contributed by atoms with Crippen molar-refractivity contribution in [2.24, 2.45) is 0 Å². The van der Waals surface area contributed by atoms with Crippen molar-refractivity contribution in [2.75, 3.05) is 6.54 Å². The SMILES string of the molecule is O=C(/C=C/c1ccc(Br)o1)NCCC(O)C(=O)O. The number of aliphatic hydroxyl groups excluding tert-OH is 1. The molecular formula is C11H12BrNO5. The van der Waals surface area contributed by atoms with Crippen molar-refractivity contribution in [3.8, 4) is 0 Å². The molecule has 3 N–H and O–H groups in total. The van der Waals surface area contributed by atoms with E-state index in [0.29, 0.717) is 10.4 Å². The number of aliphatic hydroxyl groups is 1. The molecule has 0 aromatic carbocycles. The van der Waals surface area contributed by atoms with Crippen LogP contribution >= 0.6 is 15.9 Å². The summed E-state index contributed by atoms with van der Waals surface area (Å²) in [6.07, 6.45) is 1.24. The molecule has 0 aliphatic rings. The molecule has 6 nitrogen and oxygen atoms in total. The Labute approximate surface area is 111 Å². The first-order chi connectivity index (χ1) is 8.49. The van der Waals surface area contributed by atoms with Crippen molar-refractivity contribution >= 4 is 33.9 Å². The van der Waals surface area contributed by atoms with Crippen LogP contribution in [-0.4, -0.2) is 34.7 Å². The first kappa shape index (κ1) is 14.5. The van der Waals surface area contributed by atoms with Gasteiger partial charge >= 0.3 is 5.97 Å². The van der Waals surface area contributed by atoms with Gasteiger partial charge < -0.3 is 19.9 Å². The van der Waals surface area contributed by atoms with E-state index in [1.807, 2.05) is 0 Å². The number of halogens is 1. The monoisotopic (exact) mass is 317 g/mol. The van der Waals surface area contributed by atoms with Crippen molar-refractivity contribution in [1.82, 2.24) is 5.32 Å². The molecule has 0 bridgehead atoms. The first-order valence-electron chi connectivity index (χ1n) is 5.11. The van der Waals surface area contributed by atoms with Crippen molar-refractivity contribution in [3.05, 3.63) is 28.6 Å². The second kappa shape index (κ2) is 6.97. The fourth-order valence-corrected chi connectivity index (χ4v) is 1.41. The Morgan fingerprint density at radius 3 is 2.78 bits per heavy atom. The van der Waals surface area contributed by atoms with E-state index in [2.05, 4.69) is 21.2 Å². The number of carbonyl (C=O) groups is 2. The van der Waals surface area contributed by atoms with Crippen molar-refractivity contribution < 1.29 is 24.2 Å². The highest BCUT2D eigenvalue weighted by molar-refractivity contribution is 9.10. The maximum Gasteiger partial charge on any atom is 0.332 e. The summed E-state index contributed by atoms with van der Waals surface area (Å²) < 4.78 is 5.70. The van der Waals surface area contributed by atoms with E-state index in [4.69, 9.17) is 14.6 Å². The van der Waals surface area contributed by atoms with Crippen molar-refractivity contribution in [2.45, 2.75) is 12.5 Å². The van der Waals surface area contributed by atoms with Crippen LogP contribution in [0, 0.1) is 0 Å². The molecule has 1 amide bonds. The summed E-state index contributed by atoms with van der Waals surface area (Å²) in [5.41, 5.74) is 0. The van der Waals surface area contributed by atoms with E-state index >= 15 is 0 Å². The quantitative estimate of drug-likeness (QED) is 0.680. The van der Waals surface area contributed by atoms with Crippen LogP contribution in [-0.2, 0) is 9.59 Å². The number of rotatable bonds is 6. The molecule has 1 aromatic heterocycles. The zero-order chi connectivity index (χ0) is 13.5. The summed E-state index contributed by atoms with van der Waals surface area (Å²) in [6, 6.07) is 3.38. The van der Waals surface area contributed by atoms with Gasteiger partial charge in [0.05, 0.1) is 0 Å². The molecule has 0 fully saturated rings. The predicted octanol–water partition coefficient (Wildman–Crippen LogP) is 1.01. The van der Waals surface area contributed by atoms with E-state index in [1.165, 1.54) is 12.2 Å². The number of carbonyl (C=O) groups excluding carboxylic acids is 1. The summed E-state index contributed by atoms with van der Waals surface area (Å²) >= 11 is 3.13. The second-order valence-electron chi connectivity index (χ2n) is 3.41. The molecule has 1 atom stereocenters. The number of aliphatic carboxylic acids is 1. The van der Waals surface area contributed by atoms with Gasteiger partial charge in [0.15, 0.2) is 10.8 Å². The number of furan rings is 1. The molecule has 1 heterocycles. The second-order valence-corrected chi connectivity index (χ2v) is 4.19. The third-order valence-corrected chi connectivity index (χ3v) is 2.42. The molecule has 7 heteroatoms. The minimum Gasteiger partial charge on any atom is -0.479 e. The molecule has 0 aliphatic carbocycles. The summed E-state index contributed by atoms with van der Waals surface area (Å²) in [7, 11) is 0. The molecule has 1 rings (SSSR count). The Morgan fingerprint density at radius 1 is 1.50 bits per heavy atom. The van der Waals surface area contributed by atoms with Crippen molar-refractivity contribution in [3.63, 3.8) is 0 Å². The van der Waals surface area contributed by atoms with E-state index in [1.54, 1.807) is 12.1 Å². The Morgan fingerprint density at radius 2 is 2.22 bits per heavy atom. The lowest BCUT2D eigenvalue weighted by Crippen LogP contribution is -2.28. The molecule has 1 aromatic rings. The molecular weight excluding hydrogens is 306 g/mol. The Hall–Kier alpha value is -1.60. The maximum atomic E-state index is 11.3. The predicted molar refractivity (Wildman–Crippen MR) is 66.7 cm³/mol. The molecule has 0 radical (unpaired) electrons. The molecule has 18 heavy (non-hydrogen) atoms. The average molecular weight is 318 g/mol. The van der Waals surface area contributed by atoms with Gasteiger partial charge in [-0.25, -0.2) is 4.79 Å². The first-order valence-corrected chi connectivity index (χ1v) is 5.90.